The van der Waals surface area contributed by atoms with Crippen molar-refractivity contribution in [3.05, 3.63) is 57.6 Å². The topological polar surface area (TPSA) is 21.3 Å². The van der Waals surface area contributed by atoms with Gasteiger partial charge < -0.3 is 10.1 Å². The fraction of sp³-hybridized carbons (Fsp3) is 0.294. The van der Waals surface area contributed by atoms with Crippen LogP contribution in [0.5, 0.6) is 5.75 Å². The molecule has 0 bridgehead atoms. The summed E-state index contributed by atoms with van der Waals surface area (Å²) in [5, 5.41) is 4.42. The van der Waals surface area contributed by atoms with Crippen LogP contribution in [0.15, 0.2) is 30.3 Å². The summed E-state index contributed by atoms with van der Waals surface area (Å²) in [5.41, 5.74) is 6.14. The monoisotopic (exact) mass is 287 g/mol. The van der Waals surface area contributed by atoms with E-state index >= 15 is 0 Å². The number of nitrogens with one attached hydrogen (secondary N) is 1. The molecule has 2 aromatic carbocycles. The minimum Gasteiger partial charge on any atom is -0.496 e. The van der Waals surface area contributed by atoms with E-state index in [2.05, 4.69) is 37.4 Å². The Morgan fingerprint density at radius 3 is 2.75 bits per heavy atom. The third-order valence-electron chi connectivity index (χ3n) is 3.89. The summed E-state index contributed by atoms with van der Waals surface area (Å²) in [5.74, 6) is 0.935. The molecule has 0 spiro atoms. The second kappa shape index (κ2) is 5.02. The molecule has 20 heavy (non-hydrogen) atoms. The first-order chi connectivity index (χ1) is 9.58. The Hall–Kier alpha value is -1.67. The van der Waals surface area contributed by atoms with E-state index in [0.717, 1.165) is 17.2 Å². The molecule has 1 heterocycles. The molecular weight excluding hydrogens is 270 g/mol. The summed E-state index contributed by atoms with van der Waals surface area (Å²) in [6.45, 7) is 4.20. The Morgan fingerprint density at radius 1 is 1.20 bits per heavy atom. The summed E-state index contributed by atoms with van der Waals surface area (Å²) >= 11 is 6.15. The number of anilines is 1. The van der Waals surface area contributed by atoms with Crippen LogP contribution in [-0.4, -0.2) is 7.11 Å². The SMILES string of the molecule is COc1ccc(C)cc1C1Cc2cc(Cl)cc(C)c2N1. The van der Waals surface area contributed by atoms with Gasteiger partial charge in [-0.15, -0.1) is 0 Å². The van der Waals surface area contributed by atoms with E-state index in [1.807, 2.05) is 12.1 Å². The van der Waals surface area contributed by atoms with Gasteiger partial charge in [0.2, 0.25) is 0 Å². The van der Waals surface area contributed by atoms with Crippen molar-refractivity contribution in [3.63, 3.8) is 0 Å². The van der Waals surface area contributed by atoms with E-state index in [1.54, 1.807) is 7.11 Å². The fourth-order valence-corrected chi connectivity index (χ4v) is 3.23. The lowest BCUT2D eigenvalue weighted by atomic mass is 9.99. The summed E-state index contributed by atoms with van der Waals surface area (Å²) in [7, 11) is 1.72. The van der Waals surface area contributed by atoms with Crippen LogP contribution in [0.3, 0.4) is 0 Å². The van der Waals surface area contributed by atoms with Crippen molar-refractivity contribution in [1.82, 2.24) is 0 Å². The molecule has 0 saturated heterocycles. The molecule has 1 unspecified atom stereocenters. The van der Waals surface area contributed by atoms with Crippen LogP contribution < -0.4 is 10.1 Å². The number of hydrogen-bond acceptors (Lipinski definition) is 2. The second-order valence-corrected chi connectivity index (χ2v) is 5.84. The highest BCUT2D eigenvalue weighted by molar-refractivity contribution is 6.30. The number of halogens is 1. The zero-order valence-electron chi connectivity index (χ0n) is 12.0. The molecule has 0 saturated carbocycles. The van der Waals surface area contributed by atoms with Gasteiger partial charge in [0.05, 0.1) is 13.2 Å². The molecule has 0 amide bonds. The third kappa shape index (κ3) is 2.25. The minimum absolute atomic E-state index is 0.247. The fourth-order valence-electron chi connectivity index (χ4n) is 2.94. The normalized spacial score (nSPS) is 16.7. The first-order valence-electron chi connectivity index (χ1n) is 6.78. The molecule has 0 aromatic heterocycles. The van der Waals surface area contributed by atoms with Crippen molar-refractivity contribution >= 4 is 17.3 Å². The zero-order chi connectivity index (χ0) is 14.3. The minimum atomic E-state index is 0.247. The maximum atomic E-state index is 6.15. The van der Waals surface area contributed by atoms with Gasteiger partial charge in [-0.3, -0.25) is 0 Å². The van der Waals surface area contributed by atoms with Gasteiger partial charge in [-0.05, 0) is 49.6 Å². The van der Waals surface area contributed by atoms with Crippen LogP contribution in [-0.2, 0) is 6.42 Å². The highest BCUT2D eigenvalue weighted by atomic mass is 35.5. The lowest BCUT2D eigenvalue weighted by Crippen LogP contribution is -2.08. The lowest BCUT2D eigenvalue weighted by Gasteiger charge is -2.17. The van der Waals surface area contributed by atoms with Crippen molar-refractivity contribution < 1.29 is 4.74 Å². The smallest absolute Gasteiger partial charge is 0.124 e. The van der Waals surface area contributed by atoms with Gasteiger partial charge in [0.25, 0.3) is 0 Å². The van der Waals surface area contributed by atoms with Gasteiger partial charge in [0.1, 0.15) is 5.75 Å². The summed E-state index contributed by atoms with van der Waals surface area (Å²) in [6.07, 6.45) is 0.941. The van der Waals surface area contributed by atoms with E-state index in [4.69, 9.17) is 16.3 Å². The Labute approximate surface area is 124 Å². The molecule has 1 atom stereocenters. The molecule has 0 radical (unpaired) electrons. The molecule has 1 N–H and O–H groups in total. The number of benzene rings is 2. The molecule has 0 fully saturated rings. The zero-order valence-corrected chi connectivity index (χ0v) is 12.7. The largest absolute Gasteiger partial charge is 0.496 e. The maximum absolute atomic E-state index is 6.15. The molecule has 1 aliphatic heterocycles. The average molecular weight is 288 g/mol. The van der Waals surface area contributed by atoms with E-state index in [9.17, 15) is 0 Å². The molecule has 2 nitrogen and oxygen atoms in total. The predicted octanol–water partition coefficient (Wildman–Crippen LogP) is 4.67. The van der Waals surface area contributed by atoms with Crippen LogP contribution in [0.2, 0.25) is 5.02 Å². The third-order valence-corrected chi connectivity index (χ3v) is 4.10. The standard InChI is InChI=1S/C17H18ClNO/c1-10-4-5-16(20-3)14(6-10)15-9-12-8-13(18)7-11(2)17(12)19-15/h4-8,15,19H,9H2,1-3H3. The van der Waals surface area contributed by atoms with Crippen LogP contribution in [0.1, 0.15) is 28.3 Å². The number of aryl methyl sites for hydroxylation is 2. The Morgan fingerprint density at radius 2 is 2.00 bits per heavy atom. The molecule has 3 rings (SSSR count). The molecule has 104 valence electrons. The number of hydrogen-bond donors (Lipinski definition) is 1. The van der Waals surface area contributed by atoms with Crippen molar-refractivity contribution in [2.45, 2.75) is 26.3 Å². The van der Waals surface area contributed by atoms with Gasteiger partial charge >= 0.3 is 0 Å². The first kappa shape index (κ1) is 13.3. The van der Waals surface area contributed by atoms with E-state index in [0.29, 0.717) is 0 Å². The van der Waals surface area contributed by atoms with Gasteiger partial charge in [-0.1, -0.05) is 29.3 Å². The van der Waals surface area contributed by atoms with Crippen molar-refractivity contribution in [2.24, 2.45) is 0 Å². The highest BCUT2D eigenvalue weighted by Gasteiger charge is 2.26. The van der Waals surface area contributed by atoms with Crippen molar-refractivity contribution in [1.29, 1.82) is 0 Å². The number of rotatable bonds is 2. The Kier molecular flexibility index (Phi) is 3.35. The Bertz CT molecular complexity index is 666. The quantitative estimate of drug-likeness (QED) is 0.866. The molecule has 1 aliphatic rings. The Balaban J connectivity index is 2.00. The van der Waals surface area contributed by atoms with Gasteiger partial charge in [0.15, 0.2) is 0 Å². The number of methoxy groups -OCH3 is 1. The van der Waals surface area contributed by atoms with Gasteiger partial charge in [-0.2, -0.15) is 0 Å². The average Bonchev–Trinajstić information content (AvgIpc) is 2.82. The van der Waals surface area contributed by atoms with E-state index < -0.39 is 0 Å². The summed E-state index contributed by atoms with van der Waals surface area (Å²) < 4.78 is 5.50. The van der Waals surface area contributed by atoms with E-state index in [-0.39, 0.29) is 6.04 Å². The number of ether oxygens (including phenoxy) is 1. The van der Waals surface area contributed by atoms with E-state index in [1.165, 1.54) is 27.9 Å². The van der Waals surface area contributed by atoms with Crippen LogP contribution >= 0.6 is 11.6 Å². The van der Waals surface area contributed by atoms with Gasteiger partial charge in [-0.25, -0.2) is 0 Å². The lowest BCUT2D eigenvalue weighted by molar-refractivity contribution is 0.407. The van der Waals surface area contributed by atoms with Crippen molar-refractivity contribution in [3.8, 4) is 5.75 Å². The van der Waals surface area contributed by atoms with Crippen LogP contribution in [0.25, 0.3) is 0 Å². The van der Waals surface area contributed by atoms with Gasteiger partial charge in [0, 0.05) is 16.3 Å². The molecule has 2 aromatic rings. The summed E-state index contributed by atoms with van der Waals surface area (Å²) in [6, 6.07) is 10.6. The van der Waals surface area contributed by atoms with Crippen molar-refractivity contribution in [2.75, 3.05) is 12.4 Å². The number of fused-ring (bicyclic) bond motifs is 1. The maximum Gasteiger partial charge on any atom is 0.124 e. The highest BCUT2D eigenvalue weighted by Crippen LogP contribution is 2.40. The molecular formula is C17H18ClNO. The molecule has 3 heteroatoms. The predicted molar refractivity (Wildman–Crippen MR) is 84.0 cm³/mol. The molecule has 0 aliphatic carbocycles. The van der Waals surface area contributed by atoms with Crippen LogP contribution in [0.4, 0.5) is 5.69 Å². The van der Waals surface area contributed by atoms with Crippen LogP contribution in [0, 0.1) is 13.8 Å². The summed E-state index contributed by atoms with van der Waals surface area (Å²) in [4.78, 5) is 0. The second-order valence-electron chi connectivity index (χ2n) is 5.40. The first-order valence-corrected chi connectivity index (χ1v) is 7.16.